The summed E-state index contributed by atoms with van der Waals surface area (Å²) in [4.78, 5) is 66.1. The number of alkyl halides is 3. The Bertz CT molecular complexity index is 2880. The molecule has 4 atom stereocenters. The molecule has 3 aromatic carbocycles. The summed E-state index contributed by atoms with van der Waals surface area (Å²) >= 11 is 5.64. The van der Waals surface area contributed by atoms with E-state index in [9.17, 15) is 42.7 Å². The van der Waals surface area contributed by atoms with Crippen LogP contribution >= 0.6 is 12.2 Å². The fraction of sp³-hybridized carbons (Fsp3) is 0.396. The topological polar surface area (TPSA) is 203 Å². The number of benzene rings is 3. The Morgan fingerprint density at radius 2 is 1.58 bits per heavy atom. The number of halogens is 3. The number of thiocarbonyl (C=S) groups is 1. The van der Waals surface area contributed by atoms with Gasteiger partial charge >= 0.3 is 6.18 Å². The van der Waals surface area contributed by atoms with Gasteiger partial charge in [-0.15, -0.1) is 0 Å². The van der Waals surface area contributed by atoms with Gasteiger partial charge in [-0.3, -0.25) is 24.1 Å². The van der Waals surface area contributed by atoms with Gasteiger partial charge in [0.15, 0.2) is 23.0 Å². The highest BCUT2D eigenvalue weighted by molar-refractivity contribution is 7.81. The van der Waals surface area contributed by atoms with Crippen LogP contribution in [0.25, 0.3) is 22.5 Å². The van der Waals surface area contributed by atoms with Crippen molar-refractivity contribution in [2.45, 2.75) is 104 Å². The van der Waals surface area contributed by atoms with Crippen molar-refractivity contribution in [3.8, 4) is 34.3 Å². The normalized spacial score (nSPS) is 17.6. The van der Waals surface area contributed by atoms with Gasteiger partial charge in [0.05, 0.1) is 41.9 Å². The first kappa shape index (κ1) is 53.6. The van der Waals surface area contributed by atoms with Gasteiger partial charge in [-0.25, -0.2) is 9.97 Å². The second kappa shape index (κ2) is 21.9. The number of ether oxygens (including phenoxy) is 2. The number of aliphatic hydroxyl groups excluding tert-OH is 1. The summed E-state index contributed by atoms with van der Waals surface area (Å²) in [6, 6.07) is 22.0. The SMILES string of the molecule is Cc1ncoc1-c1ccc([C@H](C)NC(=O)[C@@H]2C[C@@H](O)CN2C(=O)[C@@H](NC(=O)COCCCCOc2ccc(-c3ccc(N4C(=S)N(c5cnc(C#N)c(C(F)(F)F)c5)C(=O)C4(C)C)cc3)cc2)C(C)(C)C)cc1. The summed E-state index contributed by atoms with van der Waals surface area (Å²) in [6.07, 6.45) is -2.10. The van der Waals surface area contributed by atoms with Gasteiger partial charge in [0.2, 0.25) is 17.7 Å². The highest BCUT2D eigenvalue weighted by Crippen LogP contribution is 2.40. The van der Waals surface area contributed by atoms with E-state index in [1.807, 2.05) is 95.3 Å². The van der Waals surface area contributed by atoms with Crippen LogP contribution in [0, 0.1) is 23.7 Å². The molecule has 20 heteroatoms. The Morgan fingerprint density at radius 1 is 0.945 bits per heavy atom. The number of nitrogens with one attached hydrogen (secondary N) is 2. The molecule has 2 aliphatic rings. The molecule has 3 N–H and O–H groups in total. The number of oxazole rings is 1. The van der Waals surface area contributed by atoms with Crippen LogP contribution in [0.15, 0.2) is 95.9 Å². The predicted molar refractivity (Wildman–Crippen MR) is 269 cm³/mol. The Balaban J connectivity index is 0.847. The van der Waals surface area contributed by atoms with E-state index in [-0.39, 0.29) is 37.0 Å². The number of unbranched alkanes of at least 4 members (excludes halogenated alkanes) is 1. The summed E-state index contributed by atoms with van der Waals surface area (Å²) in [6.45, 7) is 12.7. The third-order valence-corrected chi connectivity index (χ3v) is 13.1. The van der Waals surface area contributed by atoms with Crippen molar-refractivity contribution in [1.82, 2.24) is 25.5 Å². The van der Waals surface area contributed by atoms with E-state index in [1.165, 1.54) is 17.4 Å². The second-order valence-corrected chi connectivity index (χ2v) is 19.9. The first-order valence-electron chi connectivity index (χ1n) is 23.7. The van der Waals surface area contributed by atoms with Crippen molar-refractivity contribution in [3.05, 3.63) is 114 Å². The number of aryl methyl sites for hydroxylation is 1. The molecule has 384 valence electrons. The van der Waals surface area contributed by atoms with Crippen molar-refractivity contribution in [2.24, 2.45) is 5.41 Å². The molecule has 0 spiro atoms. The number of anilines is 2. The van der Waals surface area contributed by atoms with Crippen LogP contribution in [0.5, 0.6) is 5.75 Å². The standard InChI is InChI=1S/C53H57F3N8O8S/c1-31(33-10-12-36(13-11-33)45-32(2)59-30-72-45)60-47(67)43-25-39(65)28-62(43)48(68)46(51(3,4)5)61-44(66)29-70-22-8-9-23-71-40-20-16-35(17-21-40)34-14-18-37(19-15-34)64-50(73)63(49(69)52(64,6)7)38-24-41(53(54,55)56)42(26-57)58-27-38/h10-21,24,27,30-31,39,43,46,65H,8-9,22-23,25,28-29H2,1-7H3,(H,60,67)(H,61,66)/t31-,39+,43-,46+/m0/s1. The lowest BCUT2D eigenvalue weighted by Crippen LogP contribution is -2.58. The van der Waals surface area contributed by atoms with Crippen molar-refractivity contribution < 1.29 is 51.3 Å². The lowest BCUT2D eigenvalue weighted by molar-refractivity contribution is -0.144. The number of aromatic nitrogens is 2. The average molecular weight is 1020 g/mol. The third-order valence-electron chi connectivity index (χ3n) is 12.8. The zero-order valence-corrected chi connectivity index (χ0v) is 42.3. The minimum Gasteiger partial charge on any atom is -0.494 e. The number of aliphatic hydroxyl groups is 1. The number of carbonyl (C=O) groups is 4. The number of nitriles is 1. The lowest BCUT2D eigenvalue weighted by atomic mass is 9.85. The first-order chi connectivity index (χ1) is 34.5. The Hall–Kier alpha value is -7.21. The van der Waals surface area contributed by atoms with E-state index >= 15 is 0 Å². The molecule has 16 nitrogen and oxygen atoms in total. The number of amides is 4. The summed E-state index contributed by atoms with van der Waals surface area (Å²) in [5.74, 6) is -0.644. The van der Waals surface area contributed by atoms with Gasteiger partial charge in [-0.05, 0) is 105 Å². The molecule has 0 bridgehead atoms. The van der Waals surface area contributed by atoms with Crippen molar-refractivity contribution in [3.63, 3.8) is 0 Å². The second-order valence-electron chi connectivity index (χ2n) is 19.6. The number of β-amino-alcohol motifs (C(OH)–C–C–N with tert-alkyl or cyclic N) is 1. The molecule has 4 amide bonds. The number of carbonyl (C=O) groups excluding carboxylic acids is 4. The molecule has 0 aliphatic carbocycles. The quantitative estimate of drug-likeness (QED) is 0.0597. The number of pyridine rings is 1. The number of hydrogen-bond acceptors (Lipinski definition) is 12. The highest BCUT2D eigenvalue weighted by atomic mass is 32.1. The van der Waals surface area contributed by atoms with Crippen LogP contribution in [0.3, 0.4) is 0 Å². The van der Waals surface area contributed by atoms with E-state index in [0.717, 1.165) is 39.0 Å². The molecule has 0 unspecified atom stereocenters. The monoisotopic (exact) mass is 1020 g/mol. The Morgan fingerprint density at radius 3 is 2.18 bits per heavy atom. The van der Waals surface area contributed by atoms with Gasteiger partial charge in [0.25, 0.3) is 5.91 Å². The van der Waals surface area contributed by atoms with E-state index in [2.05, 4.69) is 20.6 Å². The maximum absolute atomic E-state index is 14.1. The van der Waals surface area contributed by atoms with Crippen LogP contribution in [0.1, 0.15) is 89.4 Å². The summed E-state index contributed by atoms with van der Waals surface area (Å²) in [5.41, 5.74) is 0.437. The third kappa shape index (κ3) is 12.0. The molecule has 4 heterocycles. The molecule has 0 radical (unpaired) electrons. The summed E-state index contributed by atoms with van der Waals surface area (Å²) in [7, 11) is 0. The molecule has 2 fully saturated rings. The van der Waals surface area contributed by atoms with Crippen molar-refractivity contribution in [1.29, 1.82) is 5.26 Å². The number of nitrogens with zero attached hydrogens (tertiary/aromatic N) is 6. The van der Waals surface area contributed by atoms with Gasteiger partial charge in [-0.2, -0.15) is 18.4 Å². The van der Waals surface area contributed by atoms with Crippen molar-refractivity contribution >= 4 is 52.3 Å². The molecule has 7 rings (SSSR count). The molecular weight excluding hydrogens is 966 g/mol. The maximum Gasteiger partial charge on any atom is 0.419 e. The van der Waals surface area contributed by atoms with E-state index in [4.69, 9.17) is 26.1 Å². The average Bonchev–Trinajstić information content (AvgIpc) is 4.01. The van der Waals surface area contributed by atoms with Crippen LogP contribution in [-0.4, -0.2) is 98.8 Å². The number of hydrogen-bond donors (Lipinski definition) is 3. The Kier molecular flexibility index (Phi) is 16.1. The summed E-state index contributed by atoms with van der Waals surface area (Å²) < 4.78 is 58.3. The molecular formula is C53H57F3N8O8S. The number of rotatable bonds is 17. The molecule has 73 heavy (non-hydrogen) atoms. The smallest absolute Gasteiger partial charge is 0.419 e. The summed E-state index contributed by atoms with van der Waals surface area (Å²) in [5, 5.41) is 25.6. The first-order valence-corrected chi connectivity index (χ1v) is 24.1. The van der Waals surface area contributed by atoms with Gasteiger partial charge in [-0.1, -0.05) is 69.3 Å². The van der Waals surface area contributed by atoms with Crippen molar-refractivity contribution in [2.75, 3.05) is 36.2 Å². The van der Waals surface area contributed by atoms with Gasteiger partial charge < -0.3 is 39.4 Å². The number of likely N-dealkylation sites (tertiary alicyclic amines) is 1. The highest BCUT2D eigenvalue weighted by Gasteiger charge is 2.51. The van der Waals surface area contributed by atoms with Crippen LogP contribution in [-0.2, 0) is 30.1 Å². The van der Waals surface area contributed by atoms with Gasteiger partial charge in [0.1, 0.15) is 36.0 Å². The lowest BCUT2D eigenvalue weighted by Gasteiger charge is -2.35. The molecule has 2 aliphatic heterocycles. The van der Waals surface area contributed by atoms with E-state index < -0.39 is 76.2 Å². The van der Waals surface area contributed by atoms with Gasteiger partial charge in [0, 0.05) is 30.8 Å². The van der Waals surface area contributed by atoms with E-state index in [0.29, 0.717) is 42.7 Å². The van der Waals surface area contributed by atoms with Crippen LogP contribution in [0.4, 0.5) is 24.5 Å². The molecule has 0 saturated carbocycles. The van der Waals surface area contributed by atoms with Crippen LogP contribution in [0.2, 0.25) is 0 Å². The Labute approximate surface area is 426 Å². The minimum absolute atomic E-state index is 0.0389. The van der Waals surface area contributed by atoms with E-state index in [1.54, 1.807) is 30.9 Å². The zero-order valence-electron chi connectivity index (χ0n) is 41.4. The fourth-order valence-corrected chi connectivity index (χ4v) is 9.28. The maximum atomic E-state index is 14.1. The zero-order chi connectivity index (χ0) is 53.0. The molecule has 2 aromatic heterocycles. The fourth-order valence-electron chi connectivity index (χ4n) is 8.76. The predicted octanol–water partition coefficient (Wildman–Crippen LogP) is 8.06. The largest absolute Gasteiger partial charge is 0.494 e. The molecule has 5 aromatic rings. The molecule has 2 saturated heterocycles. The minimum atomic E-state index is -4.87. The van der Waals surface area contributed by atoms with Crippen LogP contribution < -0.4 is 25.2 Å².